The van der Waals surface area contributed by atoms with Crippen LogP contribution in [0, 0.1) is 11.3 Å². The van der Waals surface area contributed by atoms with E-state index < -0.39 is 11.4 Å². The van der Waals surface area contributed by atoms with Crippen molar-refractivity contribution in [1.29, 1.82) is 0 Å². The molecule has 0 radical (unpaired) electrons. The standard InChI is InChI=1S/C15H28N2O3/c1-4-5-12(3)17-14(20)16-10-15(13(18)19)8-6-11(2)7-9-15/h11-12H,4-10H2,1-3H3,(H,18,19)(H2,16,17,20). The van der Waals surface area contributed by atoms with Crippen LogP contribution in [0.1, 0.15) is 59.3 Å². The van der Waals surface area contributed by atoms with E-state index in [1.165, 1.54) is 0 Å². The van der Waals surface area contributed by atoms with Crippen LogP contribution in [0.25, 0.3) is 0 Å². The fourth-order valence-corrected chi connectivity index (χ4v) is 2.81. The quantitative estimate of drug-likeness (QED) is 0.701. The summed E-state index contributed by atoms with van der Waals surface area (Å²) in [4.78, 5) is 23.3. The van der Waals surface area contributed by atoms with Gasteiger partial charge in [0.05, 0.1) is 5.41 Å². The molecule has 1 aliphatic carbocycles. The maximum Gasteiger partial charge on any atom is 0.315 e. The first-order chi connectivity index (χ1) is 9.39. The van der Waals surface area contributed by atoms with Gasteiger partial charge in [0, 0.05) is 12.6 Å². The summed E-state index contributed by atoms with van der Waals surface area (Å²) >= 11 is 0. The third kappa shape index (κ3) is 4.69. The zero-order valence-electron chi connectivity index (χ0n) is 12.9. The SMILES string of the molecule is CCCC(C)NC(=O)NCC1(C(=O)O)CCC(C)CC1. The lowest BCUT2D eigenvalue weighted by molar-refractivity contribution is -0.151. The molecule has 0 heterocycles. The number of carboxylic acids is 1. The first-order valence-corrected chi connectivity index (χ1v) is 7.67. The fraction of sp³-hybridized carbons (Fsp3) is 0.867. The molecule has 5 heteroatoms. The van der Waals surface area contributed by atoms with Crippen LogP contribution in [0.15, 0.2) is 0 Å². The number of carbonyl (C=O) groups excluding carboxylic acids is 1. The van der Waals surface area contributed by atoms with Crippen LogP contribution in [-0.2, 0) is 4.79 Å². The number of nitrogens with one attached hydrogen (secondary N) is 2. The van der Waals surface area contributed by atoms with Crippen LogP contribution in [0.3, 0.4) is 0 Å². The minimum Gasteiger partial charge on any atom is -0.481 e. The minimum absolute atomic E-state index is 0.118. The molecule has 1 unspecified atom stereocenters. The Hall–Kier alpha value is -1.26. The lowest BCUT2D eigenvalue weighted by Crippen LogP contribution is -2.49. The van der Waals surface area contributed by atoms with E-state index >= 15 is 0 Å². The summed E-state index contributed by atoms with van der Waals surface area (Å²) in [6.07, 6.45) is 5.07. The van der Waals surface area contributed by atoms with Crippen LogP contribution in [0.5, 0.6) is 0 Å². The molecular weight excluding hydrogens is 256 g/mol. The van der Waals surface area contributed by atoms with Crippen molar-refractivity contribution in [3.63, 3.8) is 0 Å². The molecule has 1 fully saturated rings. The highest BCUT2D eigenvalue weighted by Gasteiger charge is 2.41. The predicted octanol–water partition coefficient (Wildman–Crippen LogP) is 2.76. The van der Waals surface area contributed by atoms with Gasteiger partial charge < -0.3 is 15.7 Å². The Bertz CT molecular complexity index is 336. The minimum atomic E-state index is -0.786. The van der Waals surface area contributed by atoms with Crippen LogP contribution >= 0.6 is 0 Å². The number of carboxylic acid groups (broad SMARTS) is 1. The largest absolute Gasteiger partial charge is 0.481 e. The summed E-state index contributed by atoms with van der Waals surface area (Å²) < 4.78 is 0. The van der Waals surface area contributed by atoms with Gasteiger partial charge in [-0.15, -0.1) is 0 Å². The highest BCUT2D eigenvalue weighted by molar-refractivity contribution is 5.78. The van der Waals surface area contributed by atoms with E-state index in [0.29, 0.717) is 18.8 Å². The second-order valence-electron chi connectivity index (χ2n) is 6.28. The number of aliphatic carboxylic acids is 1. The maximum atomic E-state index is 11.8. The molecule has 0 spiro atoms. The normalized spacial score (nSPS) is 27.6. The summed E-state index contributed by atoms with van der Waals surface area (Å²) in [7, 11) is 0. The van der Waals surface area contributed by atoms with Crippen molar-refractivity contribution in [3.8, 4) is 0 Å². The number of hydrogen-bond acceptors (Lipinski definition) is 2. The third-order valence-corrected chi connectivity index (χ3v) is 4.37. The van der Waals surface area contributed by atoms with E-state index in [9.17, 15) is 14.7 Å². The highest BCUT2D eigenvalue weighted by Crippen LogP contribution is 2.38. The average molecular weight is 284 g/mol. The van der Waals surface area contributed by atoms with Crippen molar-refractivity contribution in [2.24, 2.45) is 11.3 Å². The molecule has 0 aliphatic heterocycles. The van der Waals surface area contributed by atoms with Crippen LogP contribution < -0.4 is 10.6 Å². The van der Waals surface area contributed by atoms with Crippen molar-refractivity contribution in [2.75, 3.05) is 6.54 Å². The van der Waals surface area contributed by atoms with E-state index in [2.05, 4.69) is 24.5 Å². The monoisotopic (exact) mass is 284 g/mol. The molecule has 1 aliphatic rings. The number of hydrogen-bond donors (Lipinski definition) is 3. The van der Waals surface area contributed by atoms with Gasteiger partial charge >= 0.3 is 12.0 Å². The summed E-state index contributed by atoms with van der Waals surface area (Å²) in [6.45, 7) is 6.40. The molecule has 2 amide bonds. The molecule has 5 nitrogen and oxygen atoms in total. The smallest absolute Gasteiger partial charge is 0.315 e. The second kappa shape index (κ2) is 7.50. The van der Waals surface area contributed by atoms with E-state index in [4.69, 9.17) is 0 Å². The third-order valence-electron chi connectivity index (χ3n) is 4.37. The zero-order valence-corrected chi connectivity index (χ0v) is 12.9. The zero-order chi connectivity index (χ0) is 15.2. The van der Waals surface area contributed by atoms with E-state index in [-0.39, 0.29) is 18.6 Å². The van der Waals surface area contributed by atoms with Crippen LogP contribution in [0.2, 0.25) is 0 Å². The van der Waals surface area contributed by atoms with E-state index in [1.807, 2.05) is 6.92 Å². The van der Waals surface area contributed by atoms with Gasteiger partial charge in [-0.2, -0.15) is 0 Å². The van der Waals surface area contributed by atoms with Gasteiger partial charge in [-0.25, -0.2) is 4.79 Å². The number of rotatable bonds is 6. The van der Waals surface area contributed by atoms with Crippen molar-refractivity contribution < 1.29 is 14.7 Å². The fourth-order valence-electron chi connectivity index (χ4n) is 2.81. The van der Waals surface area contributed by atoms with Crippen molar-refractivity contribution >= 4 is 12.0 Å². The van der Waals surface area contributed by atoms with Gasteiger partial charge in [-0.05, 0) is 44.9 Å². The summed E-state index contributed by atoms with van der Waals surface area (Å²) in [5.74, 6) is -0.202. The van der Waals surface area contributed by atoms with E-state index in [0.717, 1.165) is 25.7 Å². The molecule has 0 aromatic heterocycles. The maximum absolute atomic E-state index is 11.8. The van der Waals surface area contributed by atoms with Gasteiger partial charge in [0.2, 0.25) is 0 Å². The predicted molar refractivity (Wildman–Crippen MR) is 78.6 cm³/mol. The Morgan fingerprint density at radius 2 is 1.95 bits per heavy atom. The van der Waals surface area contributed by atoms with Crippen molar-refractivity contribution in [3.05, 3.63) is 0 Å². The Kier molecular flexibility index (Phi) is 6.30. The van der Waals surface area contributed by atoms with E-state index in [1.54, 1.807) is 0 Å². The lowest BCUT2D eigenvalue weighted by atomic mass is 9.71. The second-order valence-corrected chi connectivity index (χ2v) is 6.28. The van der Waals surface area contributed by atoms with Gasteiger partial charge in [0.15, 0.2) is 0 Å². The first-order valence-electron chi connectivity index (χ1n) is 7.67. The van der Waals surface area contributed by atoms with Crippen LogP contribution in [0.4, 0.5) is 4.79 Å². The van der Waals surface area contributed by atoms with Gasteiger partial charge in [0.25, 0.3) is 0 Å². The van der Waals surface area contributed by atoms with Crippen molar-refractivity contribution in [2.45, 2.75) is 65.3 Å². The molecule has 3 N–H and O–H groups in total. The van der Waals surface area contributed by atoms with Crippen LogP contribution in [-0.4, -0.2) is 29.7 Å². The lowest BCUT2D eigenvalue weighted by Gasteiger charge is -2.35. The highest BCUT2D eigenvalue weighted by atomic mass is 16.4. The molecule has 0 bridgehead atoms. The molecule has 20 heavy (non-hydrogen) atoms. The molecule has 1 saturated carbocycles. The Morgan fingerprint density at radius 1 is 1.35 bits per heavy atom. The topological polar surface area (TPSA) is 78.4 Å². The Morgan fingerprint density at radius 3 is 2.45 bits per heavy atom. The number of urea groups is 1. The Labute approximate surface area is 121 Å². The summed E-state index contributed by atoms with van der Waals surface area (Å²) in [5.41, 5.74) is -0.780. The molecule has 0 saturated heterocycles. The number of carbonyl (C=O) groups is 2. The molecular formula is C15H28N2O3. The molecule has 0 aromatic carbocycles. The molecule has 116 valence electrons. The summed E-state index contributed by atoms with van der Waals surface area (Å²) in [5, 5.41) is 15.1. The van der Waals surface area contributed by atoms with Crippen molar-refractivity contribution in [1.82, 2.24) is 10.6 Å². The molecule has 1 atom stereocenters. The average Bonchev–Trinajstić information content (AvgIpc) is 2.38. The van der Waals surface area contributed by atoms with Gasteiger partial charge in [0.1, 0.15) is 0 Å². The summed E-state index contributed by atoms with van der Waals surface area (Å²) in [6, 6.07) is -0.141. The molecule has 0 aromatic rings. The molecule has 1 rings (SSSR count). The number of amides is 2. The Balaban J connectivity index is 2.47. The first kappa shape index (κ1) is 16.8. The van der Waals surface area contributed by atoms with Gasteiger partial charge in [-0.1, -0.05) is 20.3 Å². The van der Waals surface area contributed by atoms with Gasteiger partial charge in [-0.3, -0.25) is 4.79 Å².